The summed E-state index contributed by atoms with van der Waals surface area (Å²) >= 11 is -0.765. The van der Waals surface area contributed by atoms with Crippen molar-refractivity contribution in [2.45, 2.75) is 24.5 Å². The van der Waals surface area contributed by atoms with Gasteiger partial charge in [-0.25, -0.2) is 0 Å². The zero-order chi connectivity index (χ0) is 17.0. The van der Waals surface area contributed by atoms with Gasteiger partial charge in [0.15, 0.2) is 12.0 Å². The van der Waals surface area contributed by atoms with Gasteiger partial charge >= 0.3 is 11.2 Å². The van der Waals surface area contributed by atoms with Crippen LogP contribution in [0.2, 0.25) is 0 Å². The van der Waals surface area contributed by atoms with E-state index in [1.807, 2.05) is 4.90 Å². The fourth-order valence-electron chi connectivity index (χ4n) is 2.36. The van der Waals surface area contributed by atoms with Crippen LogP contribution in [0.25, 0.3) is 0 Å². The minimum atomic E-state index is -4.64. The second-order valence-electron chi connectivity index (χ2n) is 4.94. The summed E-state index contributed by atoms with van der Waals surface area (Å²) in [6.45, 7) is 1.31. The molecule has 6 nitrogen and oxygen atoms in total. The highest BCUT2D eigenvalue weighted by molar-refractivity contribution is 7.95. The molecule has 0 N–H and O–H groups in total. The van der Waals surface area contributed by atoms with E-state index >= 15 is 0 Å². The minimum absolute atomic E-state index is 0.154. The molecule has 0 atom stereocenters. The molecular formula is C13H15F3N2O4S. The van der Waals surface area contributed by atoms with Gasteiger partial charge < -0.3 is 13.8 Å². The van der Waals surface area contributed by atoms with E-state index < -0.39 is 33.9 Å². The van der Waals surface area contributed by atoms with Gasteiger partial charge in [-0.1, -0.05) is 0 Å². The first-order chi connectivity index (χ1) is 10.8. The standard InChI is InChI=1S/C13H15F3N2O4S/c1-21-10-4-6-17(7-5-10)9-2-3-11(18(19)20)12(8-9)22-23-13(14,15)16/h2-3,8,10H,4-7H2,1H3. The van der Waals surface area contributed by atoms with Crippen LogP contribution >= 0.6 is 12.0 Å². The van der Waals surface area contributed by atoms with E-state index in [0.29, 0.717) is 18.8 Å². The van der Waals surface area contributed by atoms with E-state index in [-0.39, 0.29) is 6.10 Å². The number of hydrogen-bond donors (Lipinski definition) is 0. The number of hydrogen-bond acceptors (Lipinski definition) is 6. The molecule has 0 amide bonds. The first-order valence-corrected chi connectivity index (χ1v) is 7.53. The fraction of sp³-hybridized carbons (Fsp3) is 0.538. The first kappa shape index (κ1) is 17.7. The number of anilines is 1. The van der Waals surface area contributed by atoms with E-state index in [1.54, 1.807) is 7.11 Å². The van der Waals surface area contributed by atoms with E-state index in [2.05, 4.69) is 4.18 Å². The third kappa shape index (κ3) is 4.90. The molecule has 1 heterocycles. The highest BCUT2D eigenvalue weighted by Gasteiger charge is 2.33. The van der Waals surface area contributed by atoms with Gasteiger partial charge in [-0.15, -0.1) is 0 Å². The molecule has 2 rings (SSSR count). The van der Waals surface area contributed by atoms with Gasteiger partial charge in [-0.2, -0.15) is 13.2 Å². The molecule has 128 valence electrons. The topological polar surface area (TPSA) is 64.8 Å². The smallest absolute Gasteiger partial charge is 0.410 e. The second-order valence-corrected chi connectivity index (χ2v) is 5.74. The Morgan fingerprint density at radius 3 is 2.52 bits per heavy atom. The van der Waals surface area contributed by atoms with Gasteiger partial charge in [0, 0.05) is 38.0 Å². The number of piperidine rings is 1. The summed E-state index contributed by atoms with van der Waals surface area (Å²) < 4.78 is 46.6. The summed E-state index contributed by atoms with van der Waals surface area (Å²) in [5.74, 6) is -0.413. The summed E-state index contributed by atoms with van der Waals surface area (Å²) in [6, 6.07) is 3.93. The summed E-state index contributed by atoms with van der Waals surface area (Å²) in [5.41, 5.74) is -4.55. The lowest BCUT2D eigenvalue weighted by Crippen LogP contribution is -2.36. The maximum Gasteiger partial charge on any atom is 0.479 e. The van der Waals surface area contributed by atoms with Crippen LogP contribution in [-0.2, 0) is 4.74 Å². The maximum absolute atomic E-state index is 12.3. The van der Waals surface area contributed by atoms with Gasteiger partial charge in [-0.05, 0) is 18.9 Å². The Morgan fingerprint density at radius 2 is 2.00 bits per heavy atom. The van der Waals surface area contributed by atoms with Crippen molar-refractivity contribution in [2.75, 3.05) is 25.1 Å². The number of rotatable bonds is 5. The Hall–Kier alpha value is -1.68. The maximum atomic E-state index is 12.3. The largest absolute Gasteiger partial charge is 0.479 e. The molecular weight excluding hydrogens is 337 g/mol. The third-order valence-electron chi connectivity index (χ3n) is 3.51. The van der Waals surface area contributed by atoms with Crippen LogP contribution in [-0.4, -0.2) is 36.7 Å². The molecule has 0 aromatic heterocycles. The minimum Gasteiger partial charge on any atom is -0.410 e. The zero-order valence-corrected chi connectivity index (χ0v) is 13.0. The van der Waals surface area contributed by atoms with Gasteiger partial charge in [0.25, 0.3) is 0 Å². The van der Waals surface area contributed by atoms with E-state index in [9.17, 15) is 23.3 Å². The monoisotopic (exact) mass is 352 g/mol. The van der Waals surface area contributed by atoms with Crippen LogP contribution in [0.3, 0.4) is 0 Å². The molecule has 23 heavy (non-hydrogen) atoms. The molecule has 1 fully saturated rings. The number of ether oxygens (including phenoxy) is 1. The Balaban J connectivity index is 2.17. The number of nitro benzene ring substituents is 1. The number of halogens is 3. The second kappa shape index (κ2) is 7.26. The third-order valence-corrected chi connectivity index (χ3v) is 3.96. The lowest BCUT2D eigenvalue weighted by atomic mass is 10.1. The molecule has 1 aromatic rings. The number of benzene rings is 1. The van der Waals surface area contributed by atoms with Crippen molar-refractivity contribution in [3.63, 3.8) is 0 Å². The average molecular weight is 352 g/mol. The fourth-order valence-corrected chi connectivity index (χ4v) is 2.68. The number of methoxy groups -OCH3 is 1. The predicted molar refractivity (Wildman–Crippen MR) is 79.6 cm³/mol. The van der Waals surface area contributed by atoms with Crippen molar-refractivity contribution in [1.82, 2.24) is 0 Å². The molecule has 0 unspecified atom stereocenters. The molecule has 10 heteroatoms. The zero-order valence-electron chi connectivity index (χ0n) is 12.2. The highest BCUT2D eigenvalue weighted by Crippen LogP contribution is 2.39. The van der Waals surface area contributed by atoms with Gasteiger partial charge in [0.1, 0.15) is 0 Å². The quantitative estimate of drug-likeness (QED) is 0.457. The number of nitrogens with zero attached hydrogens (tertiary/aromatic N) is 2. The van der Waals surface area contributed by atoms with Crippen molar-refractivity contribution in [2.24, 2.45) is 0 Å². The lowest BCUT2D eigenvalue weighted by Gasteiger charge is -2.33. The summed E-state index contributed by atoms with van der Waals surface area (Å²) in [4.78, 5) is 12.1. The molecule has 0 aliphatic carbocycles. The Kier molecular flexibility index (Phi) is 5.58. The molecule has 1 aliphatic heterocycles. The first-order valence-electron chi connectivity index (χ1n) is 6.79. The summed E-state index contributed by atoms with van der Waals surface area (Å²) in [7, 11) is 1.63. The molecule has 1 aromatic carbocycles. The normalized spacial score (nSPS) is 16.4. The summed E-state index contributed by atoms with van der Waals surface area (Å²) in [5, 5.41) is 10.9. The Morgan fingerprint density at radius 1 is 1.35 bits per heavy atom. The highest BCUT2D eigenvalue weighted by atomic mass is 32.2. The van der Waals surface area contributed by atoms with Crippen molar-refractivity contribution in [3.05, 3.63) is 28.3 Å². The van der Waals surface area contributed by atoms with Crippen molar-refractivity contribution in [1.29, 1.82) is 0 Å². The Labute approximate surface area is 134 Å². The molecule has 1 aliphatic rings. The molecule has 0 bridgehead atoms. The molecule has 0 spiro atoms. The van der Waals surface area contributed by atoms with E-state index in [4.69, 9.17) is 4.74 Å². The molecule has 1 saturated heterocycles. The SMILES string of the molecule is COC1CCN(c2ccc([N+](=O)[O-])c(OSC(F)(F)F)c2)CC1. The van der Waals surface area contributed by atoms with Crippen LogP contribution in [0, 0.1) is 10.1 Å². The summed E-state index contributed by atoms with van der Waals surface area (Å²) in [6.07, 6.45) is 1.71. The van der Waals surface area contributed by atoms with E-state index in [0.717, 1.165) is 18.9 Å². The lowest BCUT2D eigenvalue weighted by molar-refractivity contribution is -0.385. The van der Waals surface area contributed by atoms with E-state index in [1.165, 1.54) is 12.1 Å². The molecule has 0 saturated carbocycles. The van der Waals surface area contributed by atoms with Crippen LogP contribution in [0.15, 0.2) is 18.2 Å². The van der Waals surface area contributed by atoms with Gasteiger partial charge in [0.2, 0.25) is 5.75 Å². The number of nitro groups is 1. The van der Waals surface area contributed by atoms with Crippen molar-refractivity contribution in [3.8, 4) is 5.75 Å². The molecule has 0 radical (unpaired) electrons. The average Bonchev–Trinajstić information content (AvgIpc) is 2.52. The van der Waals surface area contributed by atoms with Crippen molar-refractivity contribution >= 4 is 23.4 Å². The predicted octanol–water partition coefficient (Wildman–Crippen LogP) is 3.76. The van der Waals surface area contributed by atoms with Crippen LogP contribution in [0.5, 0.6) is 5.75 Å². The Bertz CT molecular complexity index is 563. The van der Waals surface area contributed by atoms with Gasteiger partial charge in [-0.3, -0.25) is 10.1 Å². The number of alkyl halides is 3. The van der Waals surface area contributed by atoms with Crippen molar-refractivity contribution < 1.29 is 27.0 Å². The van der Waals surface area contributed by atoms with Crippen LogP contribution < -0.4 is 9.08 Å². The van der Waals surface area contributed by atoms with Crippen LogP contribution in [0.1, 0.15) is 12.8 Å². The van der Waals surface area contributed by atoms with Gasteiger partial charge in [0.05, 0.1) is 11.0 Å². The van der Waals surface area contributed by atoms with Crippen LogP contribution in [0.4, 0.5) is 24.5 Å².